The van der Waals surface area contributed by atoms with Crippen LogP contribution in [-0.4, -0.2) is 52.8 Å². The quantitative estimate of drug-likeness (QED) is 0.520. The molecule has 0 saturated carbocycles. The first-order chi connectivity index (χ1) is 15.5. The van der Waals surface area contributed by atoms with E-state index in [-0.39, 0.29) is 12.0 Å². The lowest BCUT2D eigenvalue weighted by molar-refractivity contribution is 0.280. The second kappa shape index (κ2) is 7.97. The minimum Gasteiger partial charge on any atom is -0.392 e. The molecule has 0 atom stereocenters. The Hall–Kier alpha value is -3.34. The molecule has 3 heterocycles. The number of benzene rings is 2. The van der Waals surface area contributed by atoms with Crippen LogP contribution in [0.15, 0.2) is 35.1 Å². The van der Waals surface area contributed by atoms with Gasteiger partial charge in [0.15, 0.2) is 5.43 Å². The molecule has 0 unspecified atom stereocenters. The van der Waals surface area contributed by atoms with Crippen molar-refractivity contribution >= 4 is 38.5 Å². The number of piperazine rings is 1. The van der Waals surface area contributed by atoms with E-state index in [0.29, 0.717) is 16.3 Å². The molecule has 7 heteroatoms. The molecule has 0 amide bonds. The number of rotatable bonds is 4. The smallest absolute Gasteiger partial charge is 0.199 e. The van der Waals surface area contributed by atoms with Crippen LogP contribution in [0, 0.1) is 11.3 Å². The SMILES string of the molecule is CCCn1c2cc(N3CCN(C)CC3)c(CO)cc2c(=O)c2c3ccc(C#N)cc3[nH]c21. The van der Waals surface area contributed by atoms with E-state index in [0.717, 1.165) is 72.5 Å². The molecule has 2 aromatic heterocycles. The summed E-state index contributed by atoms with van der Waals surface area (Å²) in [6.45, 7) is 6.47. The number of nitrogens with one attached hydrogen (secondary N) is 1. The van der Waals surface area contributed by atoms with Crippen molar-refractivity contribution in [3.63, 3.8) is 0 Å². The number of aliphatic hydroxyl groups is 1. The summed E-state index contributed by atoms with van der Waals surface area (Å²) in [6.07, 6.45) is 0.914. The van der Waals surface area contributed by atoms with Gasteiger partial charge in [-0.3, -0.25) is 4.79 Å². The van der Waals surface area contributed by atoms with Gasteiger partial charge in [-0.05, 0) is 37.7 Å². The van der Waals surface area contributed by atoms with Crippen LogP contribution >= 0.6 is 0 Å². The Kier molecular flexibility index (Phi) is 5.12. The molecule has 5 rings (SSSR count). The minimum atomic E-state index is -0.109. The van der Waals surface area contributed by atoms with Gasteiger partial charge in [0.05, 0.1) is 29.1 Å². The van der Waals surface area contributed by atoms with Crippen LogP contribution < -0.4 is 10.3 Å². The first kappa shape index (κ1) is 20.6. The summed E-state index contributed by atoms with van der Waals surface area (Å²) in [5, 5.41) is 21.5. The zero-order chi connectivity index (χ0) is 22.4. The number of likely N-dealkylation sites (N-methyl/N-ethyl adjacent to an activating group) is 1. The van der Waals surface area contributed by atoms with Crippen molar-refractivity contribution in [1.82, 2.24) is 14.5 Å². The van der Waals surface area contributed by atoms with Crippen LogP contribution in [0.2, 0.25) is 0 Å². The molecule has 32 heavy (non-hydrogen) atoms. The summed E-state index contributed by atoms with van der Waals surface area (Å²) >= 11 is 0. The van der Waals surface area contributed by atoms with Gasteiger partial charge in [0, 0.05) is 60.3 Å². The predicted molar refractivity (Wildman–Crippen MR) is 128 cm³/mol. The predicted octanol–water partition coefficient (Wildman–Crippen LogP) is 3.16. The first-order valence-electron chi connectivity index (χ1n) is 11.1. The zero-order valence-corrected chi connectivity index (χ0v) is 18.5. The van der Waals surface area contributed by atoms with Crippen LogP contribution in [0.1, 0.15) is 24.5 Å². The molecule has 0 radical (unpaired) electrons. The largest absolute Gasteiger partial charge is 0.392 e. The summed E-state index contributed by atoms with van der Waals surface area (Å²) in [5.74, 6) is 0. The van der Waals surface area contributed by atoms with Crippen molar-refractivity contribution in [3.05, 3.63) is 51.7 Å². The van der Waals surface area contributed by atoms with Gasteiger partial charge < -0.3 is 24.5 Å². The first-order valence-corrected chi connectivity index (χ1v) is 11.1. The highest BCUT2D eigenvalue weighted by molar-refractivity contribution is 6.10. The third-order valence-corrected chi connectivity index (χ3v) is 6.60. The number of aryl methyl sites for hydroxylation is 1. The lowest BCUT2D eigenvalue weighted by Gasteiger charge is -2.35. The second-order valence-electron chi connectivity index (χ2n) is 8.65. The van der Waals surface area contributed by atoms with Crippen LogP contribution in [0.5, 0.6) is 0 Å². The molecule has 164 valence electrons. The Labute approximate surface area is 186 Å². The van der Waals surface area contributed by atoms with Crippen LogP contribution in [0.4, 0.5) is 5.69 Å². The standard InChI is InChI=1S/C25H27N5O2/c1-3-6-30-22-13-21(29-9-7-28(2)8-10-29)17(15-31)12-19(22)24(32)23-18-5-4-16(14-26)11-20(18)27-25(23)30/h4-5,11-13,27,31H,3,6-10,15H2,1-2H3. The van der Waals surface area contributed by atoms with Crippen molar-refractivity contribution in [3.8, 4) is 6.07 Å². The van der Waals surface area contributed by atoms with Crippen LogP contribution in [-0.2, 0) is 13.2 Å². The van der Waals surface area contributed by atoms with Gasteiger partial charge >= 0.3 is 0 Å². The zero-order valence-electron chi connectivity index (χ0n) is 18.5. The van der Waals surface area contributed by atoms with Crippen molar-refractivity contribution < 1.29 is 5.11 Å². The molecule has 1 fully saturated rings. The van der Waals surface area contributed by atoms with E-state index in [1.54, 1.807) is 12.1 Å². The molecule has 4 aromatic rings. The third kappa shape index (κ3) is 3.15. The van der Waals surface area contributed by atoms with Crippen LogP contribution in [0.3, 0.4) is 0 Å². The Bertz CT molecular complexity index is 1430. The number of hydrogen-bond donors (Lipinski definition) is 2. The Morgan fingerprint density at radius 3 is 2.59 bits per heavy atom. The van der Waals surface area contributed by atoms with E-state index in [1.165, 1.54) is 0 Å². The van der Waals surface area contributed by atoms with E-state index in [2.05, 4.69) is 45.5 Å². The van der Waals surface area contributed by atoms with Gasteiger partial charge in [-0.2, -0.15) is 5.26 Å². The fraction of sp³-hybridized carbons (Fsp3) is 0.360. The average molecular weight is 430 g/mol. The number of anilines is 1. The fourth-order valence-corrected chi connectivity index (χ4v) is 4.89. The number of aromatic nitrogens is 2. The van der Waals surface area contributed by atoms with Crippen molar-refractivity contribution in [2.45, 2.75) is 26.5 Å². The highest BCUT2D eigenvalue weighted by Gasteiger charge is 2.21. The Morgan fingerprint density at radius 2 is 1.91 bits per heavy atom. The van der Waals surface area contributed by atoms with E-state index >= 15 is 0 Å². The molecule has 1 aliphatic rings. The fourth-order valence-electron chi connectivity index (χ4n) is 4.89. The highest BCUT2D eigenvalue weighted by Crippen LogP contribution is 2.32. The van der Waals surface area contributed by atoms with Crippen LogP contribution in [0.25, 0.3) is 32.8 Å². The van der Waals surface area contributed by atoms with Gasteiger partial charge in [-0.1, -0.05) is 13.0 Å². The Morgan fingerprint density at radius 1 is 1.12 bits per heavy atom. The monoisotopic (exact) mass is 429 g/mol. The van der Waals surface area contributed by atoms with Crippen molar-refractivity contribution in [1.29, 1.82) is 5.26 Å². The number of hydrogen-bond acceptors (Lipinski definition) is 5. The maximum atomic E-state index is 13.7. The third-order valence-electron chi connectivity index (χ3n) is 6.60. The molecule has 0 spiro atoms. The van der Waals surface area contributed by atoms with E-state index < -0.39 is 0 Å². The van der Waals surface area contributed by atoms with E-state index in [1.807, 2.05) is 12.1 Å². The number of aromatic amines is 1. The lowest BCUT2D eigenvalue weighted by atomic mass is 10.0. The van der Waals surface area contributed by atoms with Crippen molar-refractivity contribution in [2.24, 2.45) is 0 Å². The number of pyridine rings is 1. The number of aliphatic hydroxyl groups excluding tert-OH is 1. The lowest BCUT2D eigenvalue weighted by Crippen LogP contribution is -2.44. The number of nitriles is 1. The van der Waals surface area contributed by atoms with Gasteiger partial charge in [0.1, 0.15) is 5.65 Å². The van der Waals surface area contributed by atoms with Gasteiger partial charge in [-0.15, -0.1) is 0 Å². The summed E-state index contributed by atoms with van der Waals surface area (Å²) in [4.78, 5) is 21.7. The summed E-state index contributed by atoms with van der Waals surface area (Å²) in [5.41, 5.74) is 4.75. The highest BCUT2D eigenvalue weighted by atomic mass is 16.3. The molecule has 1 saturated heterocycles. The van der Waals surface area contributed by atoms with E-state index in [9.17, 15) is 15.2 Å². The maximum absolute atomic E-state index is 13.7. The molecule has 0 bridgehead atoms. The number of H-pyrrole nitrogens is 1. The number of fused-ring (bicyclic) bond motifs is 4. The second-order valence-corrected chi connectivity index (χ2v) is 8.65. The normalized spacial score (nSPS) is 15.1. The summed E-state index contributed by atoms with van der Waals surface area (Å²) in [6, 6.07) is 11.5. The Balaban J connectivity index is 1.84. The molecular formula is C25H27N5O2. The average Bonchev–Trinajstić information content (AvgIpc) is 3.20. The molecule has 2 N–H and O–H groups in total. The van der Waals surface area contributed by atoms with Crippen molar-refractivity contribution in [2.75, 3.05) is 38.1 Å². The molecule has 7 nitrogen and oxygen atoms in total. The van der Waals surface area contributed by atoms with E-state index in [4.69, 9.17) is 0 Å². The van der Waals surface area contributed by atoms with Gasteiger partial charge in [-0.25, -0.2) is 0 Å². The minimum absolute atomic E-state index is 0.0436. The topological polar surface area (TPSA) is 88.3 Å². The summed E-state index contributed by atoms with van der Waals surface area (Å²) < 4.78 is 2.18. The molecule has 0 aliphatic carbocycles. The molecular weight excluding hydrogens is 402 g/mol. The maximum Gasteiger partial charge on any atom is 0.199 e. The molecule has 1 aliphatic heterocycles. The van der Waals surface area contributed by atoms with Gasteiger partial charge in [0.25, 0.3) is 0 Å². The van der Waals surface area contributed by atoms with Gasteiger partial charge in [0.2, 0.25) is 0 Å². The number of nitrogens with zero attached hydrogens (tertiary/aromatic N) is 4. The summed E-state index contributed by atoms with van der Waals surface area (Å²) in [7, 11) is 2.12. The molecule has 2 aromatic carbocycles.